The van der Waals surface area contributed by atoms with Gasteiger partial charge in [0, 0.05) is 9.75 Å². The smallest absolute Gasteiger partial charge is 0.0593 e. The minimum absolute atomic E-state index is 0.282. The number of hydrogen-bond acceptors (Lipinski definition) is 2. The van der Waals surface area contributed by atoms with Gasteiger partial charge in [-0.05, 0) is 53.5 Å². The van der Waals surface area contributed by atoms with Crippen LogP contribution in [-0.4, -0.2) is 0 Å². The van der Waals surface area contributed by atoms with Crippen molar-refractivity contribution in [2.45, 2.75) is 26.3 Å². The Balaban J connectivity index is 2.15. The molecule has 0 radical (unpaired) electrons. The van der Waals surface area contributed by atoms with Gasteiger partial charge in [0.05, 0.1) is 21.2 Å². The third-order valence-corrected chi connectivity index (χ3v) is 5.59. The topological polar surface area (TPSA) is 12.0 Å². The summed E-state index contributed by atoms with van der Waals surface area (Å²) in [6.07, 6.45) is 1.10. The molecule has 2 aromatic rings. The van der Waals surface area contributed by atoms with E-state index >= 15 is 0 Å². The average Bonchev–Trinajstić information content (AvgIpc) is 2.83. The minimum Gasteiger partial charge on any atom is -0.377 e. The molecule has 1 atom stereocenters. The maximum Gasteiger partial charge on any atom is 0.0593 e. The highest BCUT2D eigenvalue weighted by molar-refractivity contribution is 9.10. The second kappa shape index (κ2) is 6.09. The van der Waals surface area contributed by atoms with E-state index in [-0.39, 0.29) is 6.04 Å². The molecule has 0 saturated carbocycles. The van der Waals surface area contributed by atoms with Crippen LogP contribution in [0.4, 0.5) is 5.69 Å². The number of anilines is 1. The highest BCUT2D eigenvalue weighted by atomic mass is 79.9. The Morgan fingerprint density at radius 3 is 2.78 bits per heavy atom. The molecule has 0 aliphatic rings. The van der Waals surface area contributed by atoms with E-state index in [1.165, 1.54) is 9.75 Å². The van der Waals surface area contributed by atoms with E-state index in [4.69, 9.17) is 11.6 Å². The fraction of sp³-hybridized carbons (Fsp3) is 0.286. The highest BCUT2D eigenvalue weighted by Crippen LogP contribution is 2.33. The van der Waals surface area contributed by atoms with Gasteiger partial charge in [-0.15, -0.1) is 11.3 Å². The Hall–Kier alpha value is -0.510. The Labute approximate surface area is 125 Å². The van der Waals surface area contributed by atoms with Crippen LogP contribution in [0, 0.1) is 0 Å². The van der Waals surface area contributed by atoms with Crippen LogP contribution in [0.5, 0.6) is 0 Å². The van der Waals surface area contributed by atoms with Crippen LogP contribution < -0.4 is 5.32 Å². The van der Waals surface area contributed by atoms with Crippen molar-refractivity contribution in [3.8, 4) is 0 Å². The van der Waals surface area contributed by atoms with E-state index in [0.717, 1.165) is 21.6 Å². The Kier molecular flexibility index (Phi) is 4.71. The molecule has 18 heavy (non-hydrogen) atoms. The molecule has 0 aliphatic heterocycles. The van der Waals surface area contributed by atoms with E-state index < -0.39 is 0 Å². The maximum atomic E-state index is 6.09. The van der Waals surface area contributed by atoms with E-state index in [1.807, 2.05) is 29.5 Å². The molecule has 0 fully saturated rings. The lowest BCUT2D eigenvalue weighted by Crippen LogP contribution is -2.05. The van der Waals surface area contributed by atoms with Crippen LogP contribution in [0.25, 0.3) is 0 Å². The third-order valence-electron chi connectivity index (χ3n) is 2.78. The number of thiophene rings is 1. The first kappa shape index (κ1) is 13.9. The third kappa shape index (κ3) is 3.08. The fourth-order valence-electron chi connectivity index (χ4n) is 1.74. The van der Waals surface area contributed by atoms with Crippen LogP contribution in [0.15, 0.2) is 34.8 Å². The zero-order valence-electron chi connectivity index (χ0n) is 10.3. The molecule has 0 saturated heterocycles. The monoisotopic (exact) mass is 343 g/mol. The second-order valence-corrected chi connectivity index (χ2v) is 6.53. The summed E-state index contributed by atoms with van der Waals surface area (Å²) in [6, 6.07) is 10.5. The predicted octanol–water partition coefficient (Wildman–Crippen LogP) is 5.90. The predicted molar refractivity (Wildman–Crippen MR) is 84.9 cm³/mol. The molecule has 1 aromatic heterocycles. The molecule has 1 nitrogen and oxygen atoms in total. The lowest BCUT2D eigenvalue weighted by atomic mass is 10.2. The molecule has 0 aliphatic carbocycles. The Bertz CT molecular complexity index is 538. The van der Waals surface area contributed by atoms with Gasteiger partial charge in [-0.3, -0.25) is 0 Å². The molecular formula is C14H15BrClNS. The fourth-order valence-corrected chi connectivity index (χ4v) is 3.25. The summed E-state index contributed by atoms with van der Waals surface area (Å²) in [5.41, 5.74) is 1.03. The molecule has 0 spiro atoms. The largest absolute Gasteiger partial charge is 0.377 e. The molecule has 0 bridgehead atoms. The number of aryl methyl sites for hydroxylation is 1. The van der Waals surface area contributed by atoms with E-state index in [9.17, 15) is 0 Å². The van der Waals surface area contributed by atoms with Crippen molar-refractivity contribution in [3.63, 3.8) is 0 Å². The number of halogens is 2. The summed E-state index contributed by atoms with van der Waals surface area (Å²) in [4.78, 5) is 2.77. The highest BCUT2D eigenvalue weighted by Gasteiger charge is 2.11. The lowest BCUT2D eigenvalue weighted by Gasteiger charge is -2.15. The zero-order chi connectivity index (χ0) is 13.1. The first-order chi connectivity index (χ1) is 8.61. The van der Waals surface area contributed by atoms with Gasteiger partial charge in [-0.1, -0.05) is 24.6 Å². The van der Waals surface area contributed by atoms with Gasteiger partial charge >= 0.3 is 0 Å². The molecule has 1 aromatic carbocycles. The van der Waals surface area contributed by atoms with E-state index in [0.29, 0.717) is 0 Å². The van der Waals surface area contributed by atoms with E-state index in [1.54, 1.807) is 0 Å². The average molecular weight is 345 g/mol. The summed E-state index contributed by atoms with van der Waals surface area (Å²) in [7, 11) is 0. The van der Waals surface area contributed by atoms with Crippen LogP contribution >= 0.6 is 38.9 Å². The van der Waals surface area contributed by atoms with Crippen LogP contribution in [-0.2, 0) is 6.42 Å². The van der Waals surface area contributed by atoms with Crippen LogP contribution in [0.2, 0.25) is 5.02 Å². The normalized spacial score (nSPS) is 12.4. The van der Waals surface area contributed by atoms with E-state index in [2.05, 4.69) is 47.2 Å². The molecule has 1 N–H and O–H groups in total. The SMILES string of the molecule is CCc1ccc(C(C)Nc2cccc(Cl)c2Br)s1. The first-order valence-electron chi connectivity index (χ1n) is 5.91. The van der Waals surface area contributed by atoms with Crippen molar-refractivity contribution in [1.82, 2.24) is 0 Å². The second-order valence-electron chi connectivity index (χ2n) is 4.13. The molecule has 1 unspecified atom stereocenters. The summed E-state index contributed by atoms with van der Waals surface area (Å²) >= 11 is 11.5. The molecule has 4 heteroatoms. The van der Waals surface area contributed by atoms with Gasteiger partial charge in [0.25, 0.3) is 0 Å². The molecule has 2 rings (SSSR count). The lowest BCUT2D eigenvalue weighted by molar-refractivity contribution is 0.907. The summed E-state index contributed by atoms with van der Waals surface area (Å²) in [5, 5.41) is 4.21. The van der Waals surface area contributed by atoms with Crippen LogP contribution in [0.1, 0.15) is 29.6 Å². The molecular weight excluding hydrogens is 330 g/mol. The van der Waals surface area contributed by atoms with Crippen molar-refractivity contribution in [3.05, 3.63) is 49.6 Å². The van der Waals surface area contributed by atoms with Gasteiger partial charge in [-0.25, -0.2) is 0 Å². The quantitative estimate of drug-likeness (QED) is 0.728. The maximum absolute atomic E-state index is 6.09. The Morgan fingerprint density at radius 2 is 2.11 bits per heavy atom. The minimum atomic E-state index is 0.282. The van der Waals surface area contributed by atoms with Crippen molar-refractivity contribution in [1.29, 1.82) is 0 Å². The summed E-state index contributed by atoms with van der Waals surface area (Å²) in [6.45, 7) is 4.35. The molecule has 96 valence electrons. The molecule has 0 amide bonds. The number of nitrogens with one attached hydrogen (secondary N) is 1. The van der Waals surface area contributed by atoms with Crippen molar-refractivity contribution < 1.29 is 0 Å². The van der Waals surface area contributed by atoms with Gasteiger partial charge < -0.3 is 5.32 Å². The van der Waals surface area contributed by atoms with Gasteiger partial charge in [0.15, 0.2) is 0 Å². The van der Waals surface area contributed by atoms with Gasteiger partial charge in [-0.2, -0.15) is 0 Å². The zero-order valence-corrected chi connectivity index (χ0v) is 13.5. The van der Waals surface area contributed by atoms with Crippen molar-refractivity contribution in [2.75, 3.05) is 5.32 Å². The van der Waals surface area contributed by atoms with Gasteiger partial charge in [0.1, 0.15) is 0 Å². The summed E-state index contributed by atoms with van der Waals surface area (Å²) < 4.78 is 0.922. The number of rotatable bonds is 4. The summed E-state index contributed by atoms with van der Waals surface area (Å²) in [5.74, 6) is 0. The first-order valence-corrected chi connectivity index (χ1v) is 7.89. The van der Waals surface area contributed by atoms with Crippen molar-refractivity contribution >= 4 is 44.6 Å². The standard InChI is InChI=1S/C14H15BrClNS/c1-3-10-7-8-13(18-10)9(2)17-12-6-4-5-11(16)14(12)15/h4-9,17H,3H2,1-2H3. The number of hydrogen-bond donors (Lipinski definition) is 1. The van der Waals surface area contributed by atoms with Gasteiger partial charge in [0.2, 0.25) is 0 Å². The van der Waals surface area contributed by atoms with Crippen LogP contribution in [0.3, 0.4) is 0 Å². The number of benzene rings is 1. The molecule has 1 heterocycles. The Morgan fingerprint density at radius 1 is 1.33 bits per heavy atom. The van der Waals surface area contributed by atoms with Crippen molar-refractivity contribution in [2.24, 2.45) is 0 Å².